The molecule has 144 valence electrons. The van der Waals surface area contributed by atoms with E-state index in [9.17, 15) is 4.39 Å². The molecule has 1 aliphatic heterocycles. The van der Waals surface area contributed by atoms with Crippen LogP contribution in [0.4, 0.5) is 15.9 Å². The van der Waals surface area contributed by atoms with Gasteiger partial charge in [0.25, 0.3) is 0 Å². The van der Waals surface area contributed by atoms with Crippen molar-refractivity contribution in [3.63, 3.8) is 0 Å². The van der Waals surface area contributed by atoms with Gasteiger partial charge in [-0.25, -0.2) is 14.4 Å². The Hall–Kier alpha value is -2.70. The fraction of sp³-hybridized carbons (Fsp3) is 0.450. The van der Waals surface area contributed by atoms with Crippen molar-refractivity contribution in [1.29, 1.82) is 5.41 Å². The number of nitrogens with two attached hydrogens (primary N) is 1. The van der Waals surface area contributed by atoms with Gasteiger partial charge < -0.3 is 15.4 Å². The number of rotatable bonds is 5. The number of nitrogen functional groups attached to an aromatic ring is 1. The number of ether oxygens (including phenoxy) is 1. The molecule has 0 radical (unpaired) electrons. The number of nitrogens with zero attached hydrogens (tertiary/aromatic N) is 3. The number of hydrogen-bond donors (Lipinski definition) is 2. The topological polar surface area (TPSA) is 88.1 Å². The molecule has 0 aliphatic carbocycles. The molecule has 1 aromatic carbocycles. The molecule has 2 heterocycles. The number of anilines is 2. The SMILES string of the molecule is CC(C)Oc1cc(C(=N)c2cc(N3CCCCC3C)ncn2)c(N)cc1F. The van der Waals surface area contributed by atoms with Gasteiger partial charge in [-0.3, -0.25) is 5.41 Å². The number of benzene rings is 1. The minimum atomic E-state index is -0.539. The Morgan fingerprint density at radius 3 is 2.78 bits per heavy atom. The van der Waals surface area contributed by atoms with Gasteiger partial charge in [0.05, 0.1) is 17.5 Å². The molecule has 7 heteroatoms. The molecule has 1 saturated heterocycles. The second-order valence-corrected chi connectivity index (χ2v) is 7.21. The van der Waals surface area contributed by atoms with Crippen LogP contribution in [-0.4, -0.2) is 34.4 Å². The van der Waals surface area contributed by atoms with E-state index >= 15 is 0 Å². The molecule has 3 N–H and O–H groups in total. The molecule has 2 aromatic rings. The van der Waals surface area contributed by atoms with Crippen LogP contribution in [0.2, 0.25) is 0 Å². The Balaban J connectivity index is 1.93. The maximum Gasteiger partial charge on any atom is 0.167 e. The molecule has 6 nitrogen and oxygen atoms in total. The summed E-state index contributed by atoms with van der Waals surface area (Å²) < 4.78 is 19.6. The second kappa shape index (κ2) is 7.90. The van der Waals surface area contributed by atoms with E-state index in [4.69, 9.17) is 15.9 Å². The molecule has 1 aromatic heterocycles. The van der Waals surface area contributed by atoms with Gasteiger partial charge in [0.1, 0.15) is 12.1 Å². The molecule has 0 bridgehead atoms. The average molecular weight is 371 g/mol. The lowest BCUT2D eigenvalue weighted by Crippen LogP contribution is -2.38. The van der Waals surface area contributed by atoms with Crippen molar-refractivity contribution in [3.8, 4) is 5.75 Å². The van der Waals surface area contributed by atoms with E-state index in [-0.39, 0.29) is 23.3 Å². The summed E-state index contributed by atoms with van der Waals surface area (Å²) in [7, 11) is 0. The van der Waals surface area contributed by atoms with E-state index in [1.165, 1.54) is 24.9 Å². The first kappa shape index (κ1) is 19.1. The quantitative estimate of drug-likeness (QED) is 0.617. The Morgan fingerprint density at radius 2 is 2.07 bits per heavy atom. The first-order chi connectivity index (χ1) is 12.9. The second-order valence-electron chi connectivity index (χ2n) is 7.21. The lowest BCUT2D eigenvalue weighted by molar-refractivity contribution is 0.231. The predicted octanol–water partition coefficient (Wildman–Crippen LogP) is 3.78. The Labute approximate surface area is 159 Å². The molecule has 1 atom stereocenters. The molecule has 0 spiro atoms. The Morgan fingerprint density at radius 1 is 1.30 bits per heavy atom. The van der Waals surface area contributed by atoms with Crippen LogP contribution in [0.25, 0.3) is 0 Å². The molecule has 27 heavy (non-hydrogen) atoms. The first-order valence-electron chi connectivity index (χ1n) is 9.30. The summed E-state index contributed by atoms with van der Waals surface area (Å²) in [6.45, 7) is 6.75. The largest absolute Gasteiger partial charge is 0.488 e. The maximum absolute atomic E-state index is 14.1. The van der Waals surface area contributed by atoms with Gasteiger partial charge in [0.15, 0.2) is 11.6 Å². The standard InChI is InChI=1S/C20H26FN5O/c1-12(2)27-18-8-14(16(22)9-15(18)21)20(23)17-10-19(25-11-24-17)26-7-5-4-6-13(26)3/h8-13,23H,4-7,22H2,1-3H3. The Bertz CT molecular complexity index is 839. The average Bonchev–Trinajstić information content (AvgIpc) is 2.63. The summed E-state index contributed by atoms with van der Waals surface area (Å²) in [5.74, 6) is 0.345. The summed E-state index contributed by atoms with van der Waals surface area (Å²) in [5, 5.41) is 8.56. The summed E-state index contributed by atoms with van der Waals surface area (Å²) >= 11 is 0. The summed E-state index contributed by atoms with van der Waals surface area (Å²) in [6.07, 6.45) is 4.75. The Kier molecular flexibility index (Phi) is 5.58. The highest BCUT2D eigenvalue weighted by Crippen LogP contribution is 2.28. The first-order valence-corrected chi connectivity index (χ1v) is 9.30. The zero-order valence-electron chi connectivity index (χ0n) is 16.0. The lowest BCUT2D eigenvalue weighted by atomic mass is 10.0. The third-order valence-electron chi connectivity index (χ3n) is 4.74. The predicted molar refractivity (Wildman–Crippen MR) is 105 cm³/mol. The van der Waals surface area contributed by atoms with Gasteiger partial charge in [-0.1, -0.05) is 0 Å². The van der Waals surface area contributed by atoms with E-state index in [1.807, 2.05) is 13.8 Å². The van der Waals surface area contributed by atoms with Crippen LogP contribution in [0, 0.1) is 11.2 Å². The molecule has 3 rings (SSSR count). The zero-order chi connectivity index (χ0) is 19.6. The highest BCUT2D eigenvalue weighted by atomic mass is 19.1. The molecule has 1 aliphatic rings. The van der Waals surface area contributed by atoms with E-state index in [1.54, 1.807) is 6.07 Å². The van der Waals surface area contributed by atoms with Crippen molar-refractivity contribution < 1.29 is 9.13 Å². The van der Waals surface area contributed by atoms with Crippen molar-refractivity contribution >= 4 is 17.2 Å². The minimum Gasteiger partial charge on any atom is -0.488 e. The van der Waals surface area contributed by atoms with Gasteiger partial charge in [-0.05, 0) is 46.1 Å². The van der Waals surface area contributed by atoms with Crippen LogP contribution in [0.5, 0.6) is 5.75 Å². The fourth-order valence-corrected chi connectivity index (χ4v) is 3.35. The smallest absolute Gasteiger partial charge is 0.167 e. The van der Waals surface area contributed by atoms with E-state index in [0.717, 1.165) is 25.2 Å². The van der Waals surface area contributed by atoms with Crippen LogP contribution < -0.4 is 15.4 Å². The van der Waals surface area contributed by atoms with Crippen LogP contribution in [0.1, 0.15) is 51.3 Å². The number of aromatic nitrogens is 2. The number of piperidine rings is 1. The van der Waals surface area contributed by atoms with E-state index in [2.05, 4.69) is 21.8 Å². The van der Waals surface area contributed by atoms with Gasteiger partial charge in [-0.2, -0.15) is 0 Å². The molecular weight excluding hydrogens is 345 g/mol. The number of hydrogen-bond acceptors (Lipinski definition) is 6. The molecule has 0 amide bonds. The van der Waals surface area contributed by atoms with E-state index in [0.29, 0.717) is 17.3 Å². The number of halogens is 1. The third kappa shape index (κ3) is 4.18. The van der Waals surface area contributed by atoms with Gasteiger partial charge in [-0.15, -0.1) is 0 Å². The minimum absolute atomic E-state index is 0.0814. The summed E-state index contributed by atoms with van der Waals surface area (Å²) in [4.78, 5) is 10.9. The molecule has 1 fully saturated rings. The van der Waals surface area contributed by atoms with Crippen LogP contribution in [-0.2, 0) is 0 Å². The van der Waals surface area contributed by atoms with Crippen LogP contribution in [0.15, 0.2) is 24.5 Å². The van der Waals surface area contributed by atoms with Crippen molar-refractivity contribution in [1.82, 2.24) is 9.97 Å². The molecule has 0 saturated carbocycles. The monoisotopic (exact) mass is 371 g/mol. The van der Waals surface area contributed by atoms with Gasteiger partial charge in [0, 0.05) is 36.0 Å². The van der Waals surface area contributed by atoms with Crippen molar-refractivity contribution in [2.24, 2.45) is 0 Å². The highest BCUT2D eigenvalue weighted by Gasteiger charge is 2.21. The van der Waals surface area contributed by atoms with E-state index < -0.39 is 5.82 Å². The van der Waals surface area contributed by atoms with Crippen LogP contribution in [0.3, 0.4) is 0 Å². The normalized spacial score (nSPS) is 17.2. The summed E-state index contributed by atoms with van der Waals surface area (Å²) in [6, 6.07) is 4.86. The van der Waals surface area contributed by atoms with Crippen molar-refractivity contribution in [2.75, 3.05) is 17.2 Å². The lowest BCUT2D eigenvalue weighted by Gasteiger charge is -2.34. The zero-order valence-corrected chi connectivity index (χ0v) is 16.0. The fourth-order valence-electron chi connectivity index (χ4n) is 3.35. The number of nitrogens with one attached hydrogen (secondary N) is 1. The van der Waals surface area contributed by atoms with Gasteiger partial charge >= 0.3 is 0 Å². The third-order valence-corrected chi connectivity index (χ3v) is 4.74. The van der Waals surface area contributed by atoms with Crippen molar-refractivity contribution in [3.05, 3.63) is 41.6 Å². The van der Waals surface area contributed by atoms with Crippen molar-refractivity contribution in [2.45, 2.75) is 52.2 Å². The van der Waals surface area contributed by atoms with Crippen LogP contribution >= 0.6 is 0 Å². The summed E-state index contributed by atoms with van der Waals surface area (Å²) in [5.41, 5.74) is 7.12. The molecule has 1 unspecified atom stereocenters. The molecular formula is C20H26FN5O. The van der Waals surface area contributed by atoms with Gasteiger partial charge in [0.2, 0.25) is 0 Å². The highest BCUT2D eigenvalue weighted by molar-refractivity contribution is 6.13. The maximum atomic E-state index is 14.1.